The van der Waals surface area contributed by atoms with Crippen molar-refractivity contribution in [2.45, 2.75) is 51.6 Å². The summed E-state index contributed by atoms with van der Waals surface area (Å²) in [5, 5.41) is 2.70. The van der Waals surface area contributed by atoms with Gasteiger partial charge in [0.2, 0.25) is 5.91 Å². The zero-order valence-corrected chi connectivity index (χ0v) is 12.0. The van der Waals surface area contributed by atoms with Gasteiger partial charge >= 0.3 is 6.18 Å². The molecule has 0 saturated heterocycles. The van der Waals surface area contributed by atoms with Gasteiger partial charge in [-0.05, 0) is 31.7 Å². The van der Waals surface area contributed by atoms with Crippen LogP contribution in [0.3, 0.4) is 0 Å². The highest BCUT2D eigenvalue weighted by molar-refractivity contribution is 5.79. The highest BCUT2D eigenvalue weighted by Crippen LogP contribution is 2.41. The van der Waals surface area contributed by atoms with Crippen LogP contribution in [-0.4, -0.2) is 25.2 Å². The van der Waals surface area contributed by atoms with Gasteiger partial charge in [0.05, 0.1) is 5.92 Å². The number of alkyl halides is 3. The van der Waals surface area contributed by atoms with Crippen molar-refractivity contribution in [3.8, 4) is 0 Å². The molecule has 0 bridgehead atoms. The van der Waals surface area contributed by atoms with Crippen molar-refractivity contribution >= 4 is 5.91 Å². The zero-order chi connectivity index (χ0) is 15.2. The number of halogens is 3. The van der Waals surface area contributed by atoms with Crippen molar-refractivity contribution in [1.29, 1.82) is 0 Å². The summed E-state index contributed by atoms with van der Waals surface area (Å²) >= 11 is 0. The molecular weight excluding hydrogens is 269 g/mol. The fraction of sp³-hybridized carbons (Fsp3) is 0.929. The quantitative estimate of drug-likeness (QED) is 0.791. The van der Waals surface area contributed by atoms with E-state index in [0.717, 1.165) is 12.8 Å². The molecule has 1 aliphatic rings. The van der Waals surface area contributed by atoms with E-state index in [2.05, 4.69) is 5.32 Å². The molecule has 0 aliphatic heterocycles. The van der Waals surface area contributed by atoms with Crippen LogP contribution < -0.4 is 11.1 Å². The molecule has 0 aromatic rings. The van der Waals surface area contributed by atoms with E-state index < -0.39 is 23.9 Å². The second kappa shape index (κ2) is 7.86. The average Bonchev–Trinajstić information content (AvgIpc) is 2.42. The third-order valence-corrected chi connectivity index (χ3v) is 4.24. The third kappa shape index (κ3) is 4.96. The third-order valence-electron chi connectivity index (χ3n) is 4.24. The Bertz CT molecular complexity index is 307. The average molecular weight is 294 g/mol. The minimum atomic E-state index is -4.27. The maximum atomic E-state index is 12.9. The minimum Gasteiger partial charge on any atom is -0.356 e. The summed E-state index contributed by atoms with van der Waals surface area (Å²) in [6.45, 7) is 2.95. The van der Waals surface area contributed by atoms with E-state index in [1.54, 1.807) is 0 Å². The fourth-order valence-corrected chi connectivity index (χ4v) is 2.90. The lowest BCUT2D eigenvalue weighted by atomic mass is 9.78. The molecule has 0 aromatic carbocycles. The summed E-state index contributed by atoms with van der Waals surface area (Å²) in [6.07, 6.45) is -0.965. The maximum Gasteiger partial charge on any atom is 0.392 e. The van der Waals surface area contributed by atoms with Crippen LogP contribution >= 0.6 is 0 Å². The Balaban J connectivity index is 2.55. The Morgan fingerprint density at radius 3 is 2.55 bits per heavy atom. The molecular formula is C14H25F3N2O. The Morgan fingerprint density at radius 2 is 2.00 bits per heavy atom. The Kier molecular flexibility index (Phi) is 6.79. The van der Waals surface area contributed by atoms with E-state index in [1.807, 2.05) is 6.92 Å². The van der Waals surface area contributed by atoms with Crippen molar-refractivity contribution in [2.24, 2.45) is 23.5 Å². The predicted octanol–water partition coefficient (Wildman–Crippen LogP) is 2.85. The monoisotopic (exact) mass is 294 g/mol. The number of nitrogens with one attached hydrogen (secondary N) is 1. The lowest BCUT2D eigenvalue weighted by Gasteiger charge is -2.32. The molecule has 3 unspecified atom stereocenters. The molecule has 0 aromatic heterocycles. The maximum absolute atomic E-state index is 12.9. The van der Waals surface area contributed by atoms with Gasteiger partial charge in [0.1, 0.15) is 0 Å². The minimum absolute atomic E-state index is 0.0710. The number of rotatable bonds is 6. The molecule has 0 spiro atoms. The van der Waals surface area contributed by atoms with Crippen molar-refractivity contribution in [3.05, 3.63) is 0 Å². The molecule has 6 heteroatoms. The molecule has 20 heavy (non-hydrogen) atoms. The summed E-state index contributed by atoms with van der Waals surface area (Å²) in [6, 6.07) is 0. The van der Waals surface area contributed by atoms with Gasteiger partial charge in [0.15, 0.2) is 0 Å². The molecule has 118 valence electrons. The van der Waals surface area contributed by atoms with Gasteiger partial charge < -0.3 is 11.1 Å². The molecule has 1 amide bonds. The van der Waals surface area contributed by atoms with Gasteiger partial charge in [-0.25, -0.2) is 0 Å². The van der Waals surface area contributed by atoms with Crippen LogP contribution in [0.25, 0.3) is 0 Å². The van der Waals surface area contributed by atoms with Crippen molar-refractivity contribution in [3.63, 3.8) is 0 Å². The number of carbonyl (C=O) groups excluding carboxylic acids is 1. The fourth-order valence-electron chi connectivity index (χ4n) is 2.90. The van der Waals surface area contributed by atoms with Crippen LogP contribution in [0.5, 0.6) is 0 Å². The van der Waals surface area contributed by atoms with E-state index in [-0.39, 0.29) is 12.3 Å². The largest absolute Gasteiger partial charge is 0.392 e. The first-order chi connectivity index (χ1) is 9.40. The van der Waals surface area contributed by atoms with E-state index in [9.17, 15) is 18.0 Å². The van der Waals surface area contributed by atoms with Gasteiger partial charge in [-0.1, -0.05) is 26.2 Å². The molecule has 3 atom stereocenters. The summed E-state index contributed by atoms with van der Waals surface area (Å²) in [5.74, 6) is -2.59. The van der Waals surface area contributed by atoms with Gasteiger partial charge in [0.25, 0.3) is 0 Å². The van der Waals surface area contributed by atoms with Crippen LogP contribution in [0, 0.1) is 17.8 Å². The van der Waals surface area contributed by atoms with Crippen molar-refractivity contribution < 1.29 is 18.0 Å². The summed E-state index contributed by atoms with van der Waals surface area (Å²) < 4.78 is 38.8. The molecule has 1 aliphatic carbocycles. The van der Waals surface area contributed by atoms with Crippen LogP contribution in [-0.2, 0) is 4.79 Å². The summed E-state index contributed by atoms with van der Waals surface area (Å²) in [5.41, 5.74) is 5.47. The Morgan fingerprint density at radius 1 is 1.35 bits per heavy atom. The Hall–Kier alpha value is -0.780. The summed E-state index contributed by atoms with van der Waals surface area (Å²) in [4.78, 5) is 12.0. The second-order valence-electron chi connectivity index (χ2n) is 5.64. The molecule has 1 saturated carbocycles. The van der Waals surface area contributed by atoms with Crippen LogP contribution in [0.4, 0.5) is 13.2 Å². The van der Waals surface area contributed by atoms with Crippen molar-refractivity contribution in [1.82, 2.24) is 5.32 Å². The lowest BCUT2D eigenvalue weighted by Crippen LogP contribution is -2.43. The van der Waals surface area contributed by atoms with Crippen molar-refractivity contribution in [2.75, 3.05) is 13.1 Å². The molecule has 3 N–H and O–H groups in total. The van der Waals surface area contributed by atoms with Gasteiger partial charge in [-0.15, -0.1) is 0 Å². The molecule has 1 fully saturated rings. The standard InChI is InChI=1S/C14H25F3N2O/c1-2-10(7-8-18)9-19-13(20)11-5-3-4-6-12(11)14(15,16)17/h10-12H,2-9,18H2,1H3,(H,19,20). The van der Waals surface area contributed by atoms with Crippen LogP contribution in [0.2, 0.25) is 0 Å². The lowest BCUT2D eigenvalue weighted by molar-refractivity contribution is -0.198. The van der Waals surface area contributed by atoms with Crippen LogP contribution in [0.1, 0.15) is 45.4 Å². The van der Waals surface area contributed by atoms with Gasteiger partial charge in [0, 0.05) is 12.5 Å². The highest BCUT2D eigenvalue weighted by atomic mass is 19.4. The van der Waals surface area contributed by atoms with Crippen LogP contribution in [0.15, 0.2) is 0 Å². The number of amides is 1. The number of nitrogens with two attached hydrogens (primary N) is 1. The van der Waals surface area contributed by atoms with E-state index in [1.165, 1.54) is 0 Å². The molecule has 0 heterocycles. The molecule has 1 rings (SSSR count). The SMILES string of the molecule is CCC(CCN)CNC(=O)C1CCCCC1C(F)(F)F. The first kappa shape index (κ1) is 17.3. The van der Waals surface area contributed by atoms with E-state index >= 15 is 0 Å². The summed E-state index contributed by atoms with van der Waals surface area (Å²) in [7, 11) is 0. The Labute approximate surface area is 118 Å². The first-order valence-corrected chi connectivity index (χ1v) is 7.44. The first-order valence-electron chi connectivity index (χ1n) is 7.44. The van der Waals surface area contributed by atoms with Gasteiger partial charge in [-0.2, -0.15) is 13.2 Å². The second-order valence-corrected chi connectivity index (χ2v) is 5.64. The van der Waals surface area contributed by atoms with E-state index in [4.69, 9.17) is 5.73 Å². The number of hydrogen-bond acceptors (Lipinski definition) is 2. The van der Waals surface area contributed by atoms with Gasteiger partial charge in [-0.3, -0.25) is 4.79 Å². The molecule has 0 radical (unpaired) electrons. The zero-order valence-electron chi connectivity index (χ0n) is 12.0. The smallest absolute Gasteiger partial charge is 0.356 e. The highest BCUT2D eigenvalue weighted by Gasteiger charge is 2.47. The normalized spacial score (nSPS) is 25.2. The molecule has 3 nitrogen and oxygen atoms in total. The predicted molar refractivity (Wildman–Crippen MR) is 72.0 cm³/mol. The number of carbonyl (C=O) groups is 1. The number of hydrogen-bond donors (Lipinski definition) is 2. The van der Waals surface area contributed by atoms with E-state index in [0.29, 0.717) is 32.4 Å². The topological polar surface area (TPSA) is 55.1 Å².